The Bertz CT molecular complexity index is 70.4. The lowest BCUT2D eigenvalue weighted by Crippen LogP contribution is -2.05. The molecule has 1 saturated carbocycles. The van der Waals surface area contributed by atoms with Crippen molar-refractivity contribution >= 4 is 0 Å². The van der Waals surface area contributed by atoms with E-state index in [1.807, 2.05) is 0 Å². The number of nitrogens with one attached hydrogen (secondary N) is 1. The molecule has 1 saturated heterocycles. The molecule has 1 radical (unpaired) electrons. The lowest BCUT2D eigenvalue weighted by molar-refractivity contribution is 0.515. The maximum Gasteiger partial charge on any atom is 0.0255 e. The van der Waals surface area contributed by atoms with Crippen LogP contribution in [0.4, 0.5) is 0 Å². The topological polar surface area (TPSA) is 12.0 Å². The minimum Gasteiger partial charge on any atom is -0.312 e. The van der Waals surface area contributed by atoms with Gasteiger partial charge in [-0.05, 0) is 31.2 Å². The van der Waals surface area contributed by atoms with Gasteiger partial charge in [-0.2, -0.15) is 0 Å². The SMILES string of the molecule is [CH]1NCC2CCCC12. The highest BCUT2D eigenvalue weighted by molar-refractivity contribution is 4.93. The first kappa shape index (κ1) is 4.80. The van der Waals surface area contributed by atoms with E-state index in [0.29, 0.717) is 0 Å². The van der Waals surface area contributed by atoms with Crippen molar-refractivity contribution in [3.8, 4) is 0 Å². The second-order valence-electron chi connectivity index (χ2n) is 2.93. The van der Waals surface area contributed by atoms with Crippen molar-refractivity contribution in [2.24, 2.45) is 11.8 Å². The largest absolute Gasteiger partial charge is 0.312 e. The van der Waals surface area contributed by atoms with Crippen LogP contribution in [0.15, 0.2) is 0 Å². The molecule has 0 amide bonds. The fourth-order valence-electron chi connectivity index (χ4n) is 1.91. The number of hydrogen-bond donors (Lipinski definition) is 1. The van der Waals surface area contributed by atoms with Crippen LogP contribution in [0.1, 0.15) is 19.3 Å². The fraction of sp³-hybridized carbons (Fsp3) is 0.857. The second-order valence-corrected chi connectivity index (χ2v) is 2.93. The second kappa shape index (κ2) is 1.73. The summed E-state index contributed by atoms with van der Waals surface area (Å²) in [7, 11) is 0. The van der Waals surface area contributed by atoms with Crippen molar-refractivity contribution in [1.29, 1.82) is 0 Å². The van der Waals surface area contributed by atoms with Gasteiger partial charge >= 0.3 is 0 Å². The number of fused-ring (bicyclic) bond motifs is 1. The highest BCUT2D eigenvalue weighted by Gasteiger charge is 2.31. The maximum atomic E-state index is 3.30. The van der Waals surface area contributed by atoms with Crippen LogP contribution in [0, 0.1) is 18.4 Å². The molecule has 0 aromatic heterocycles. The van der Waals surface area contributed by atoms with Gasteiger partial charge in [0.1, 0.15) is 0 Å². The van der Waals surface area contributed by atoms with Crippen molar-refractivity contribution < 1.29 is 0 Å². The smallest absolute Gasteiger partial charge is 0.0255 e. The van der Waals surface area contributed by atoms with Crippen LogP contribution in [0.5, 0.6) is 0 Å². The summed E-state index contributed by atoms with van der Waals surface area (Å²) in [4.78, 5) is 0. The van der Waals surface area contributed by atoms with Crippen LogP contribution in [0.25, 0.3) is 0 Å². The zero-order valence-corrected chi connectivity index (χ0v) is 5.06. The lowest BCUT2D eigenvalue weighted by atomic mass is 10.0. The molecule has 1 N–H and O–H groups in total. The predicted octanol–water partition coefficient (Wildman–Crippen LogP) is 1.17. The molecule has 45 valence electrons. The van der Waals surface area contributed by atoms with E-state index in [9.17, 15) is 0 Å². The van der Waals surface area contributed by atoms with Crippen LogP contribution < -0.4 is 5.32 Å². The Morgan fingerprint density at radius 1 is 1.38 bits per heavy atom. The molecule has 1 aliphatic carbocycles. The van der Waals surface area contributed by atoms with Gasteiger partial charge in [0.15, 0.2) is 0 Å². The van der Waals surface area contributed by atoms with Gasteiger partial charge < -0.3 is 5.32 Å². The summed E-state index contributed by atoms with van der Waals surface area (Å²) in [5.74, 6) is 1.95. The van der Waals surface area contributed by atoms with E-state index < -0.39 is 0 Å². The van der Waals surface area contributed by atoms with E-state index in [1.54, 1.807) is 0 Å². The number of rotatable bonds is 0. The van der Waals surface area contributed by atoms with Crippen molar-refractivity contribution in [3.05, 3.63) is 6.54 Å². The summed E-state index contributed by atoms with van der Waals surface area (Å²) in [6.07, 6.45) is 4.37. The first-order chi connectivity index (χ1) is 3.97. The van der Waals surface area contributed by atoms with E-state index in [2.05, 4.69) is 11.9 Å². The molecule has 2 atom stereocenters. The summed E-state index contributed by atoms with van der Waals surface area (Å²) >= 11 is 0. The molecule has 2 fully saturated rings. The van der Waals surface area contributed by atoms with E-state index in [0.717, 1.165) is 11.8 Å². The van der Waals surface area contributed by atoms with Gasteiger partial charge in [-0.15, -0.1) is 0 Å². The highest BCUT2D eigenvalue weighted by Crippen LogP contribution is 2.35. The fourth-order valence-corrected chi connectivity index (χ4v) is 1.91. The van der Waals surface area contributed by atoms with Crippen LogP contribution >= 0.6 is 0 Å². The third-order valence-corrected chi connectivity index (χ3v) is 2.43. The van der Waals surface area contributed by atoms with Gasteiger partial charge in [-0.1, -0.05) is 6.42 Å². The third kappa shape index (κ3) is 0.576. The van der Waals surface area contributed by atoms with Crippen molar-refractivity contribution in [2.75, 3.05) is 6.54 Å². The van der Waals surface area contributed by atoms with Crippen LogP contribution in [-0.2, 0) is 0 Å². The van der Waals surface area contributed by atoms with Gasteiger partial charge in [0.25, 0.3) is 0 Å². The Morgan fingerprint density at radius 3 is 3.25 bits per heavy atom. The quantitative estimate of drug-likeness (QED) is 0.493. The molecule has 8 heavy (non-hydrogen) atoms. The number of hydrogen-bond acceptors (Lipinski definition) is 1. The molecule has 2 aliphatic rings. The maximum absolute atomic E-state index is 3.30. The normalized spacial score (nSPS) is 45.0. The van der Waals surface area contributed by atoms with Crippen molar-refractivity contribution in [2.45, 2.75) is 19.3 Å². The monoisotopic (exact) mass is 110 g/mol. The standard InChI is InChI=1S/C7H12N/c1-2-6-4-8-5-7(6)3-1/h4,6-8H,1-3,5H2. The van der Waals surface area contributed by atoms with Gasteiger partial charge in [0.2, 0.25) is 0 Å². The molecule has 2 unspecified atom stereocenters. The van der Waals surface area contributed by atoms with E-state index >= 15 is 0 Å². The molecule has 1 heteroatoms. The molecule has 0 spiro atoms. The average molecular weight is 110 g/mol. The van der Waals surface area contributed by atoms with Gasteiger partial charge in [0.05, 0.1) is 0 Å². The minimum atomic E-state index is 0.940. The molecular weight excluding hydrogens is 98.1 g/mol. The summed E-state index contributed by atoms with van der Waals surface area (Å²) in [5, 5.41) is 3.30. The van der Waals surface area contributed by atoms with Gasteiger partial charge in [-0.25, -0.2) is 0 Å². The van der Waals surface area contributed by atoms with Crippen LogP contribution in [0.3, 0.4) is 0 Å². The first-order valence-electron chi connectivity index (χ1n) is 3.53. The Labute approximate surface area is 50.5 Å². The molecule has 1 heterocycles. The first-order valence-corrected chi connectivity index (χ1v) is 3.53. The molecule has 0 aromatic carbocycles. The van der Waals surface area contributed by atoms with Crippen LogP contribution in [-0.4, -0.2) is 6.54 Å². The van der Waals surface area contributed by atoms with E-state index in [1.165, 1.54) is 25.8 Å². The van der Waals surface area contributed by atoms with E-state index in [-0.39, 0.29) is 0 Å². The van der Waals surface area contributed by atoms with Gasteiger partial charge in [-0.3, -0.25) is 0 Å². The Hall–Kier alpha value is -0.0400. The zero-order valence-electron chi connectivity index (χ0n) is 5.06. The molecule has 0 aromatic rings. The molecular formula is C7H12N. The van der Waals surface area contributed by atoms with E-state index in [4.69, 9.17) is 0 Å². The summed E-state index contributed by atoms with van der Waals surface area (Å²) < 4.78 is 0. The Kier molecular flexibility index (Phi) is 1.04. The molecule has 0 bridgehead atoms. The molecule has 2 rings (SSSR count). The Balaban J connectivity index is 2.04. The molecule has 1 nitrogen and oxygen atoms in total. The predicted molar refractivity (Wildman–Crippen MR) is 33.1 cm³/mol. The summed E-state index contributed by atoms with van der Waals surface area (Å²) in [5.41, 5.74) is 0. The highest BCUT2D eigenvalue weighted by atomic mass is 14.9. The summed E-state index contributed by atoms with van der Waals surface area (Å²) in [6, 6.07) is 0. The zero-order chi connectivity index (χ0) is 5.40. The minimum absolute atomic E-state index is 0.940. The average Bonchev–Trinajstić information content (AvgIpc) is 2.15. The van der Waals surface area contributed by atoms with Gasteiger partial charge in [0, 0.05) is 6.54 Å². The molecule has 1 aliphatic heterocycles. The van der Waals surface area contributed by atoms with Crippen molar-refractivity contribution in [3.63, 3.8) is 0 Å². The lowest BCUT2D eigenvalue weighted by Gasteiger charge is -2.02. The van der Waals surface area contributed by atoms with Crippen LogP contribution in [0.2, 0.25) is 0 Å². The summed E-state index contributed by atoms with van der Waals surface area (Å²) in [6.45, 7) is 3.54. The Morgan fingerprint density at radius 2 is 2.38 bits per heavy atom. The van der Waals surface area contributed by atoms with Crippen molar-refractivity contribution in [1.82, 2.24) is 5.32 Å². The third-order valence-electron chi connectivity index (χ3n) is 2.43.